The maximum absolute atomic E-state index is 12.6. The molecule has 72 valence electrons. The average Bonchev–Trinajstić information content (AvgIpc) is 2.01. The van der Waals surface area contributed by atoms with Crippen LogP contribution in [0.15, 0.2) is 0 Å². The van der Waals surface area contributed by atoms with Gasteiger partial charge < -0.3 is 9.84 Å². The Morgan fingerprint density at radius 1 is 1.58 bits per heavy atom. The molecule has 0 radical (unpaired) electrons. The molecular weight excluding hydrogens is 170 g/mol. The summed E-state index contributed by atoms with van der Waals surface area (Å²) in [6.07, 6.45) is -0.770. The Hall–Kier alpha value is -0.710. The maximum atomic E-state index is 12.6. The van der Waals surface area contributed by atoms with Crippen molar-refractivity contribution in [3.05, 3.63) is 0 Å². The van der Waals surface area contributed by atoms with Gasteiger partial charge in [0.1, 0.15) is 0 Å². The summed E-state index contributed by atoms with van der Waals surface area (Å²) in [7, 11) is 0. The van der Waals surface area contributed by atoms with Gasteiger partial charge in [0, 0.05) is 13.0 Å². The van der Waals surface area contributed by atoms with Crippen molar-refractivity contribution in [1.82, 2.24) is 0 Å². The van der Waals surface area contributed by atoms with E-state index in [9.17, 15) is 13.6 Å². The smallest absolute Gasteiger partial charge is 0.376 e. The normalized spacial score (nSPS) is 11.3. The molecule has 0 aromatic rings. The van der Waals surface area contributed by atoms with Gasteiger partial charge in [-0.1, -0.05) is 0 Å². The highest BCUT2D eigenvalue weighted by Crippen LogP contribution is 2.21. The van der Waals surface area contributed by atoms with E-state index in [0.717, 1.165) is 0 Å². The molecule has 1 N–H and O–H groups in total. The number of alkyl halides is 2. The van der Waals surface area contributed by atoms with E-state index in [2.05, 4.69) is 4.74 Å². The zero-order chi connectivity index (χ0) is 9.61. The number of carbonyl (C=O) groups is 1. The van der Waals surface area contributed by atoms with E-state index in [1.807, 2.05) is 0 Å². The molecule has 0 fully saturated rings. The quantitative estimate of drug-likeness (QED) is 0.644. The summed E-state index contributed by atoms with van der Waals surface area (Å²) in [4.78, 5) is 10.5. The maximum Gasteiger partial charge on any atom is 0.376 e. The van der Waals surface area contributed by atoms with Crippen LogP contribution in [0.5, 0.6) is 0 Å². The summed E-state index contributed by atoms with van der Waals surface area (Å²) in [5, 5.41) is 8.26. The molecule has 0 heterocycles. The predicted molar refractivity (Wildman–Crippen MR) is 37.9 cm³/mol. The lowest BCUT2D eigenvalue weighted by Gasteiger charge is -2.13. The molecule has 0 bridgehead atoms. The van der Waals surface area contributed by atoms with Gasteiger partial charge in [0.15, 0.2) is 0 Å². The fourth-order valence-electron chi connectivity index (χ4n) is 0.640. The zero-order valence-corrected chi connectivity index (χ0v) is 6.85. The Morgan fingerprint density at radius 3 is 2.58 bits per heavy atom. The number of ether oxygens (including phenoxy) is 1. The van der Waals surface area contributed by atoms with Gasteiger partial charge in [-0.05, 0) is 13.3 Å². The van der Waals surface area contributed by atoms with Crippen LogP contribution < -0.4 is 0 Å². The topological polar surface area (TPSA) is 46.5 Å². The highest BCUT2D eigenvalue weighted by Gasteiger charge is 2.39. The van der Waals surface area contributed by atoms with Crippen molar-refractivity contribution >= 4 is 5.97 Å². The third-order valence-electron chi connectivity index (χ3n) is 1.22. The van der Waals surface area contributed by atoms with Crippen LogP contribution in [0.2, 0.25) is 0 Å². The van der Waals surface area contributed by atoms with Crippen LogP contribution in [0, 0.1) is 0 Å². The number of esters is 1. The molecule has 0 aromatic heterocycles. The van der Waals surface area contributed by atoms with E-state index in [1.165, 1.54) is 6.92 Å². The van der Waals surface area contributed by atoms with Crippen LogP contribution in [0.4, 0.5) is 8.78 Å². The van der Waals surface area contributed by atoms with E-state index in [0.29, 0.717) is 0 Å². The summed E-state index contributed by atoms with van der Waals surface area (Å²) in [6.45, 7) is 1.04. The van der Waals surface area contributed by atoms with Crippen LogP contribution in [-0.4, -0.2) is 30.2 Å². The summed E-state index contributed by atoms with van der Waals surface area (Å²) in [5.74, 6) is -4.97. The van der Waals surface area contributed by atoms with Crippen LogP contribution >= 0.6 is 0 Å². The number of aliphatic hydroxyl groups is 1. The first-order valence-corrected chi connectivity index (χ1v) is 3.70. The lowest BCUT2D eigenvalue weighted by Crippen LogP contribution is -2.30. The molecule has 5 heteroatoms. The third kappa shape index (κ3) is 3.61. The van der Waals surface area contributed by atoms with Gasteiger partial charge in [0.05, 0.1) is 6.61 Å². The SMILES string of the molecule is CCOC(=O)C(F)(F)CCCO. The number of hydrogen-bond acceptors (Lipinski definition) is 3. The van der Waals surface area contributed by atoms with Gasteiger partial charge in [-0.25, -0.2) is 4.79 Å². The Morgan fingerprint density at radius 2 is 2.17 bits per heavy atom. The van der Waals surface area contributed by atoms with Crippen molar-refractivity contribution in [3.8, 4) is 0 Å². The molecule has 0 aliphatic rings. The molecule has 0 aromatic carbocycles. The minimum absolute atomic E-state index is 0.0620. The van der Waals surface area contributed by atoms with Gasteiger partial charge in [-0.2, -0.15) is 8.78 Å². The number of rotatable bonds is 5. The first-order valence-electron chi connectivity index (χ1n) is 3.70. The second-order valence-corrected chi connectivity index (χ2v) is 2.25. The summed E-state index contributed by atoms with van der Waals surface area (Å²) >= 11 is 0. The first kappa shape index (κ1) is 11.3. The van der Waals surface area contributed by atoms with Crippen molar-refractivity contribution in [2.24, 2.45) is 0 Å². The van der Waals surface area contributed by atoms with Gasteiger partial charge in [0.25, 0.3) is 0 Å². The van der Waals surface area contributed by atoms with Crippen LogP contribution in [0.1, 0.15) is 19.8 Å². The molecule has 0 amide bonds. The summed E-state index contributed by atoms with van der Waals surface area (Å²) in [6, 6.07) is 0. The van der Waals surface area contributed by atoms with Crippen LogP contribution in [0.25, 0.3) is 0 Å². The lowest BCUT2D eigenvalue weighted by atomic mass is 10.2. The number of aliphatic hydroxyl groups excluding tert-OH is 1. The van der Waals surface area contributed by atoms with Crippen LogP contribution in [0.3, 0.4) is 0 Å². The average molecular weight is 182 g/mol. The molecule has 0 unspecified atom stereocenters. The highest BCUT2D eigenvalue weighted by molar-refractivity contribution is 5.77. The highest BCUT2D eigenvalue weighted by atomic mass is 19.3. The standard InChI is InChI=1S/C7H12F2O3/c1-2-12-6(11)7(8,9)4-3-5-10/h10H,2-5H2,1H3. The Bertz CT molecular complexity index is 148. The van der Waals surface area contributed by atoms with Gasteiger partial charge in [-0.3, -0.25) is 0 Å². The second kappa shape index (κ2) is 5.03. The van der Waals surface area contributed by atoms with E-state index in [1.54, 1.807) is 0 Å². The van der Waals surface area contributed by atoms with Crippen molar-refractivity contribution in [2.75, 3.05) is 13.2 Å². The van der Waals surface area contributed by atoms with E-state index in [4.69, 9.17) is 5.11 Å². The monoisotopic (exact) mass is 182 g/mol. The first-order chi connectivity index (χ1) is 5.54. The number of hydrogen-bond donors (Lipinski definition) is 1. The summed E-state index contributed by atoms with van der Waals surface area (Å²) in [5.41, 5.74) is 0. The van der Waals surface area contributed by atoms with Crippen molar-refractivity contribution in [3.63, 3.8) is 0 Å². The van der Waals surface area contributed by atoms with Gasteiger partial charge in [-0.15, -0.1) is 0 Å². The molecule has 0 aliphatic carbocycles. The van der Waals surface area contributed by atoms with Crippen molar-refractivity contribution < 1.29 is 23.4 Å². The minimum atomic E-state index is -3.46. The summed E-state index contributed by atoms with van der Waals surface area (Å²) < 4.78 is 29.3. The third-order valence-corrected chi connectivity index (χ3v) is 1.22. The molecule has 0 spiro atoms. The minimum Gasteiger partial charge on any atom is -0.462 e. The molecule has 0 rings (SSSR count). The lowest BCUT2D eigenvalue weighted by molar-refractivity contribution is -0.172. The zero-order valence-electron chi connectivity index (χ0n) is 6.85. The fourth-order valence-corrected chi connectivity index (χ4v) is 0.640. The van der Waals surface area contributed by atoms with Crippen molar-refractivity contribution in [2.45, 2.75) is 25.7 Å². The molecule has 0 aliphatic heterocycles. The van der Waals surface area contributed by atoms with Crippen molar-refractivity contribution in [1.29, 1.82) is 0 Å². The molecule has 0 atom stereocenters. The molecule has 3 nitrogen and oxygen atoms in total. The Balaban J connectivity index is 3.90. The Kier molecular flexibility index (Phi) is 4.73. The fraction of sp³-hybridized carbons (Fsp3) is 0.857. The molecular formula is C7H12F2O3. The second-order valence-electron chi connectivity index (χ2n) is 2.25. The van der Waals surface area contributed by atoms with E-state index >= 15 is 0 Å². The van der Waals surface area contributed by atoms with Gasteiger partial charge in [0.2, 0.25) is 0 Å². The van der Waals surface area contributed by atoms with E-state index in [-0.39, 0.29) is 19.6 Å². The molecule has 0 saturated heterocycles. The Labute approximate surface area is 69.3 Å². The largest absolute Gasteiger partial charge is 0.462 e. The van der Waals surface area contributed by atoms with E-state index < -0.39 is 18.3 Å². The number of halogens is 2. The number of carbonyl (C=O) groups excluding carboxylic acids is 1. The molecule has 0 saturated carbocycles. The van der Waals surface area contributed by atoms with Gasteiger partial charge >= 0.3 is 11.9 Å². The molecule has 12 heavy (non-hydrogen) atoms. The van der Waals surface area contributed by atoms with Crippen LogP contribution in [-0.2, 0) is 9.53 Å². The predicted octanol–water partition coefficient (Wildman–Crippen LogP) is 0.957.